The third-order valence-electron chi connectivity index (χ3n) is 3.10. The standard InChI is InChI=1S/C11H12FN3O5/c1-2-11(4-16)7(17)6(12)9(20-11)15-3-5(13)8(18)14-10(15)19/h1,3,6-7,9,16-17H,4,13H2,(H,14,18,19). The SMILES string of the molecule is C#CC1(CO)OC(n2cc(N)c(O)nc2=O)C(F)C1O. The Balaban J connectivity index is 2.48. The van der Waals surface area contributed by atoms with Crippen molar-refractivity contribution >= 4 is 5.69 Å². The first-order valence-corrected chi connectivity index (χ1v) is 5.52. The van der Waals surface area contributed by atoms with Crippen molar-refractivity contribution in [3.05, 3.63) is 16.7 Å². The molecule has 2 rings (SSSR count). The van der Waals surface area contributed by atoms with E-state index in [-0.39, 0.29) is 5.69 Å². The van der Waals surface area contributed by atoms with Crippen LogP contribution in [0.3, 0.4) is 0 Å². The maximum atomic E-state index is 14.1. The van der Waals surface area contributed by atoms with Crippen LogP contribution in [0.4, 0.5) is 10.1 Å². The van der Waals surface area contributed by atoms with E-state index in [9.17, 15) is 24.5 Å². The van der Waals surface area contributed by atoms with Gasteiger partial charge in [0.25, 0.3) is 0 Å². The molecule has 1 saturated heterocycles. The highest BCUT2D eigenvalue weighted by atomic mass is 19.1. The molecule has 20 heavy (non-hydrogen) atoms. The predicted molar refractivity (Wildman–Crippen MR) is 64.2 cm³/mol. The third kappa shape index (κ3) is 1.90. The summed E-state index contributed by atoms with van der Waals surface area (Å²) in [7, 11) is 0. The number of anilines is 1. The summed E-state index contributed by atoms with van der Waals surface area (Å²) >= 11 is 0. The van der Waals surface area contributed by atoms with Gasteiger partial charge in [-0.05, 0) is 0 Å². The molecule has 108 valence electrons. The molecule has 1 aromatic rings. The number of rotatable bonds is 2. The van der Waals surface area contributed by atoms with Gasteiger partial charge in [-0.1, -0.05) is 5.92 Å². The van der Waals surface area contributed by atoms with Crippen molar-refractivity contribution in [2.75, 3.05) is 12.3 Å². The first-order chi connectivity index (χ1) is 9.36. The van der Waals surface area contributed by atoms with E-state index >= 15 is 0 Å². The van der Waals surface area contributed by atoms with Gasteiger partial charge in [-0.15, -0.1) is 6.42 Å². The Bertz CT molecular complexity index is 627. The Morgan fingerprint density at radius 3 is 2.85 bits per heavy atom. The molecule has 0 aliphatic carbocycles. The summed E-state index contributed by atoms with van der Waals surface area (Å²) in [5, 5.41) is 28.1. The van der Waals surface area contributed by atoms with E-state index < -0.39 is 42.3 Å². The Morgan fingerprint density at radius 2 is 2.35 bits per heavy atom. The van der Waals surface area contributed by atoms with Crippen molar-refractivity contribution in [1.82, 2.24) is 9.55 Å². The summed E-state index contributed by atoms with van der Waals surface area (Å²) in [5.74, 6) is 1.27. The number of hydrogen-bond donors (Lipinski definition) is 4. The van der Waals surface area contributed by atoms with Crippen LogP contribution in [0, 0.1) is 12.3 Å². The highest BCUT2D eigenvalue weighted by molar-refractivity contribution is 5.44. The van der Waals surface area contributed by atoms with Crippen LogP contribution < -0.4 is 11.4 Å². The van der Waals surface area contributed by atoms with Gasteiger partial charge in [0.05, 0.1) is 6.61 Å². The van der Waals surface area contributed by atoms with Crippen molar-refractivity contribution in [3.8, 4) is 18.2 Å². The Kier molecular flexibility index (Phi) is 3.39. The molecule has 0 spiro atoms. The third-order valence-corrected chi connectivity index (χ3v) is 3.10. The number of aromatic hydroxyl groups is 1. The number of aromatic nitrogens is 2. The average Bonchev–Trinajstić information content (AvgIpc) is 2.68. The predicted octanol–water partition coefficient (Wildman–Crippen LogP) is -1.88. The summed E-state index contributed by atoms with van der Waals surface area (Å²) in [6.07, 6.45) is 0.524. The Labute approximate surface area is 112 Å². The molecular weight excluding hydrogens is 273 g/mol. The van der Waals surface area contributed by atoms with Crippen LogP contribution in [-0.4, -0.2) is 49.4 Å². The summed E-state index contributed by atoms with van der Waals surface area (Å²) in [4.78, 5) is 14.8. The van der Waals surface area contributed by atoms with Gasteiger partial charge in [0.1, 0.15) is 11.8 Å². The Hall–Kier alpha value is -2.15. The molecule has 4 atom stereocenters. The van der Waals surface area contributed by atoms with E-state index in [1.165, 1.54) is 0 Å². The number of ether oxygens (including phenoxy) is 1. The molecule has 0 aromatic carbocycles. The monoisotopic (exact) mass is 285 g/mol. The number of nitrogens with two attached hydrogens (primary N) is 1. The first kappa shape index (κ1) is 14.3. The molecule has 1 fully saturated rings. The molecule has 1 aliphatic rings. The molecule has 0 bridgehead atoms. The molecule has 2 heterocycles. The topological polar surface area (TPSA) is 131 Å². The second-order valence-electron chi connectivity index (χ2n) is 4.30. The van der Waals surface area contributed by atoms with Crippen LogP contribution in [0.5, 0.6) is 5.88 Å². The summed E-state index contributed by atoms with van der Waals surface area (Å²) in [5.41, 5.74) is 2.09. The van der Waals surface area contributed by atoms with Crippen molar-refractivity contribution in [3.63, 3.8) is 0 Å². The number of alkyl halides is 1. The number of hydrogen-bond acceptors (Lipinski definition) is 7. The maximum Gasteiger partial charge on any atom is 0.353 e. The zero-order chi connectivity index (χ0) is 15.1. The van der Waals surface area contributed by atoms with Gasteiger partial charge in [0, 0.05) is 6.20 Å². The van der Waals surface area contributed by atoms with E-state index in [0.717, 1.165) is 6.20 Å². The molecule has 1 aromatic heterocycles. The van der Waals surface area contributed by atoms with Crippen LogP contribution in [0.1, 0.15) is 6.23 Å². The van der Waals surface area contributed by atoms with Crippen molar-refractivity contribution in [1.29, 1.82) is 0 Å². The second-order valence-corrected chi connectivity index (χ2v) is 4.30. The van der Waals surface area contributed by atoms with E-state index in [2.05, 4.69) is 4.98 Å². The molecule has 5 N–H and O–H groups in total. The highest BCUT2D eigenvalue weighted by Crippen LogP contribution is 2.38. The van der Waals surface area contributed by atoms with Gasteiger partial charge >= 0.3 is 5.69 Å². The molecular formula is C11H12FN3O5. The number of nitrogen functional groups attached to an aromatic ring is 1. The van der Waals surface area contributed by atoms with Gasteiger partial charge in [0.2, 0.25) is 5.88 Å². The number of nitrogens with zero attached hydrogens (tertiary/aromatic N) is 2. The number of halogens is 1. The molecule has 0 saturated carbocycles. The van der Waals surface area contributed by atoms with Crippen molar-refractivity contribution < 1.29 is 24.4 Å². The molecule has 9 heteroatoms. The van der Waals surface area contributed by atoms with Gasteiger partial charge < -0.3 is 25.8 Å². The molecule has 8 nitrogen and oxygen atoms in total. The summed E-state index contributed by atoms with van der Waals surface area (Å²) in [6.45, 7) is -0.836. The minimum Gasteiger partial charge on any atom is -0.492 e. The average molecular weight is 285 g/mol. The van der Waals surface area contributed by atoms with Gasteiger partial charge in [-0.2, -0.15) is 4.98 Å². The lowest BCUT2D eigenvalue weighted by Gasteiger charge is -2.23. The fourth-order valence-electron chi connectivity index (χ4n) is 1.93. The molecule has 4 unspecified atom stereocenters. The first-order valence-electron chi connectivity index (χ1n) is 5.52. The minimum absolute atomic E-state index is 0.280. The largest absolute Gasteiger partial charge is 0.492 e. The normalized spacial score (nSPS) is 33.0. The van der Waals surface area contributed by atoms with Gasteiger partial charge in [0.15, 0.2) is 18.0 Å². The van der Waals surface area contributed by atoms with E-state index in [0.29, 0.717) is 4.57 Å². The van der Waals surface area contributed by atoms with E-state index in [4.69, 9.17) is 16.9 Å². The van der Waals surface area contributed by atoms with Crippen molar-refractivity contribution in [2.24, 2.45) is 0 Å². The summed E-state index contributed by atoms with van der Waals surface area (Å²) in [6, 6.07) is 0. The van der Waals surface area contributed by atoms with Crippen LogP contribution in [0.25, 0.3) is 0 Å². The second kappa shape index (κ2) is 4.75. The lowest BCUT2D eigenvalue weighted by molar-refractivity contribution is -0.0922. The van der Waals surface area contributed by atoms with Gasteiger partial charge in [-0.3, -0.25) is 4.57 Å². The minimum atomic E-state index is -2.08. The maximum absolute atomic E-state index is 14.1. The number of terminal acetylenes is 1. The van der Waals surface area contributed by atoms with Gasteiger partial charge in [-0.25, -0.2) is 9.18 Å². The quantitative estimate of drug-likeness (QED) is 0.468. The lowest BCUT2D eigenvalue weighted by atomic mass is 9.98. The molecule has 1 aliphatic heterocycles. The van der Waals surface area contributed by atoms with Crippen molar-refractivity contribution in [2.45, 2.75) is 24.1 Å². The van der Waals surface area contributed by atoms with Crippen LogP contribution in [0.2, 0.25) is 0 Å². The van der Waals surface area contributed by atoms with Crippen LogP contribution in [0.15, 0.2) is 11.0 Å². The number of aliphatic hydroxyl groups is 2. The molecule has 0 amide bonds. The smallest absolute Gasteiger partial charge is 0.353 e. The fraction of sp³-hybridized carbons (Fsp3) is 0.455. The lowest BCUT2D eigenvalue weighted by Crippen LogP contribution is -2.44. The molecule has 0 radical (unpaired) electrons. The summed E-state index contributed by atoms with van der Waals surface area (Å²) < 4.78 is 19.8. The highest BCUT2D eigenvalue weighted by Gasteiger charge is 2.55. The van der Waals surface area contributed by atoms with E-state index in [1.54, 1.807) is 0 Å². The van der Waals surface area contributed by atoms with E-state index in [1.807, 2.05) is 5.92 Å². The van der Waals surface area contributed by atoms with Crippen LogP contribution in [-0.2, 0) is 4.74 Å². The number of aliphatic hydroxyl groups excluding tert-OH is 2. The Morgan fingerprint density at radius 1 is 1.70 bits per heavy atom. The zero-order valence-corrected chi connectivity index (χ0v) is 10.1. The van der Waals surface area contributed by atoms with Crippen LogP contribution >= 0.6 is 0 Å². The zero-order valence-electron chi connectivity index (χ0n) is 10.1. The fourth-order valence-corrected chi connectivity index (χ4v) is 1.93.